The molecule has 0 aromatic carbocycles. The van der Waals surface area contributed by atoms with E-state index in [0.717, 1.165) is 49.1 Å². The molecule has 2 aromatic rings. The number of allylic oxidation sites excluding steroid dienone is 1. The maximum atomic E-state index is 12.5. The molecule has 0 bridgehead atoms. The van der Waals surface area contributed by atoms with Gasteiger partial charge < -0.3 is 15.2 Å². The molecule has 3 rings (SSSR count). The van der Waals surface area contributed by atoms with Gasteiger partial charge in [-0.1, -0.05) is 0 Å². The standard InChI is InChI=1S/C20H27F2N7OS/c1-24-18-8-14(16-11-25-17(27-16)6-5-15(23)20(21)22)9-19(28-18)29-7-3-4-13(12-29)10-26-31(2)30/h5-6,8-9,11,13,20,23,26H,3-4,7,10,12H2,1-2H3,(H,24,28)(H,25,27)/b6-5-,23-15?/t13-,31?/m1/s1. The van der Waals surface area contributed by atoms with Crippen molar-refractivity contribution in [2.45, 2.75) is 19.3 Å². The van der Waals surface area contributed by atoms with E-state index in [0.29, 0.717) is 24.1 Å². The highest BCUT2D eigenvalue weighted by molar-refractivity contribution is 7.82. The van der Waals surface area contributed by atoms with Crippen LogP contribution in [0.25, 0.3) is 17.3 Å². The largest absolute Gasteiger partial charge is 0.373 e. The van der Waals surface area contributed by atoms with Gasteiger partial charge in [0.05, 0.1) is 28.6 Å². The number of hydrogen-bond donors (Lipinski definition) is 4. The molecule has 0 spiro atoms. The number of H-pyrrole nitrogens is 1. The molecule has 4 N–H and O–H groups in total. The molecule has 31 heavy (non-hydrogen) atoms. The van der Waals surface area contributed by atoms with Crippen LogP contribution in [0.3, 0.4) is 0 Å². The zero-order valence-corrected chi connectivity index (χ0v) is 18.3. The summed E-state index contributed by atoms with van der Waals surface area (Å²) in [6.45, 7) is 2.40. The van der Waals surface area contributed by atoms with Gasteiger partial charge in [-0.3, -0.25) is 5.41 Å². The highest BCUT2D eigenvalue weighted by Crippen LogP contribution is 2.28. The lowest BCUT2D eigenvalue weighted by molar-refractivity contribution is 0.226. The van der Waals surface area contributed by atoms with Crippen LogP contribution in [0.2, 0.25) is 0 Å². The summed E-state index contributed by atoms with van der Waals surface area (Å²) in [6, 6.07) is 3.85. The summed E-state index contributed by atoms with van der Waals surface area (Å²) in [4.78, 5) is 14.2. The van der Waals surface area contributed by atoms with Crippen LogP contribution in [-0.4, -0.2) is 64.2 Å². The first-order valence-electron chi connectivity index (χ1n) is 9.97. The van der Waals surface area contributed by atoms with Gasteiger partial charge in [-0.15, -0.1) is 0 Å². The van der Waals surface area contributed by atoms with Crippen LogP contribution < -0.4 is 14.9 Å². The average Bonchev–Trinajstić information content (AvgIpc) is 3.25. The van der Waals surface area contributed by atoms with Crippen molar-refractivity contribution >= 4 is 34.4 Å². The molecule has 1 fully saturated rings. The van der Waals surface area contributed by atoms with Crippen LogP contribution in [-0.2, 0) is 11.0 Å². The van der Waals surface area contributed by atoms with Crippen molar-refractivity contribution in [1.29, 1.82) is 5.41 Å². The van der Waals surface area contributed by atoms with E-state index in [1.807, 2.05) is 12.1 Å². The summed E-state index contributed by atoms with van der Waals surface area (Å²) >= 11 is 0. The van der Waals surface area contributed by atoms with Crippen molar-refractivity contribution in [3.63, 3.8) is 0 Å². The lowest BCUT2D eigenvalue weighted by Crippen LogP contribution is -2.40. The van der Waals surface area contributed by atoms with Gasteiger partial charge in [0.15, 0.2) is 0 Å². The molecule has 1 aliphatic heterocycles. The van der Waals surface area contributed by atoms with Crippen molar-refractivity contribution in [2.24, 2.45) is 5.92 Å². The van der Waals surface area contributed by atoms with E-state index >= 15 is 0 Å². The minimum absolute atomic E-state index is 0.384. The Bertz CT molecular complexity index is 963. The molecule has 0 aliphatic carbocycles. The number of pyridine rings is 1. The summed E-state index contributed by atoms with van der Waals surface area (Å²) in [5.41, 5.74) is 0.822. The van der Waals surface area contributed by atoms with E-state index in [2.05, 4.69) is 24.9 Å². The number of nitrogens with one attached hydrogen (secondary N) is 4. The van der Waals surface area contributed by atoms with Gasteiger partial charge in [-0.25, -0.2) is 27.7 Å². The number of anilines is 2. The van der Waals surface area contributed by atoms with Gasteiger partial charge in [0.25, 0.3) is 6.43 Å². The van der Waals surface area contributed by atoms with Crippen molar-refractivity contribution in [1.82, 2.24) is 19.7 Å². The molecule has 3 heterocycles. The summed E-state index contributed by atoms with van der Waals surface area (Å²) in [5, 5.41) is 10.3. The monoisotopic (exact) mass is 451 g/mol. The van der Waals surface area contributed by atoms with Crippen molar-refractivity contribution in [2.75, 3.05) is 43.2 Å². The number of rotatable bonds is 9. The molecular formula is C20H27F2N7OS. The molecule has 0 amide bonds. The Balaban J connectivity index is 1.80. The normalized spacial score (nSPS) is 18.0. The summed E-state index contributed by atoms with van der Waals surface area (Å²) in [6.07, 6.45) is 4.95. The molecule has 8 nitrogen and oxygen atoms in total. The van der Waals surface area contributed by atoms with Gasteiger partial charge in [0, 0.05) is 38.5 Å². The highest BCUT2D eigenvalue weighted by Gasteiger charge is 2.22. The maximum absolute atomic E-state index is 12.5. The van der Waals surface area contributed by atoms with E-state index in [4.69, 9.17) is 10.4 Å². The first kappa shape index (κ1) is 23.0. The van der Waals surface area contributed by atoms with Gasteiger partial charge in [0.1, 0.15) is 17.5 Å². The highest BCUT2D eigenvalue weighted by atomic mass is 32.2. The number of halogens is 2. The number of aromatic nitrogens is 3. The van der Waals surface area contributed by atoms with E-state index < -0.39 is 23.1 Å². The first-order valence-corrected chi connectivity index (χ1v) is 11.5. The Morgan fingerprint density at radius 2 is 2.29 bits per heavy atom. The van der Waals surface area contributed by atoms with E-state index in [9.17, 15) is 13.0 Å². The minimum Gasteiger partial charge on any atom is -0.373 e. The Labute approximate surface area is 182 Å². The second-order valence-electron chi connectivity index (χ2n) is 7.38. The van der Waals surface area contributed by atoms with Crippen molar-refractivity contribution in [3.05, 3.63) is 30.2 Å². The minimum atomic E-state index is -2.81. The van der Waals surface area contributed by atoms with Gasteiger partial charge in [-0.05, 0) is 43.0 Å². The van der Waals surface area contributed by atoms with Crippen molar-refractivity contribution in [3.8, 4) is 11.3 Å². The molecule has 1 aliphatic rings. The smallest absolute Gasteiger partial charge is 0.279 e. The lowest BCUT2D eigenvalue weighted by atomic mass is 9.98. The Morgan fingerprint density at radius 3 is 3.00 bits per heavy atom. The second-order valence-corrected chi connectivity index (χ2v) is 8.57. The van der Waals surface area contributed by atoms with Gasteiger partial charge in [0.2, 0.25) is 0 Å². The summed E-state index contributed by atoms with van der Waals surface area (Å²) in [7, 11) is 0.770. The second kappa shape index (κ2) is 10.6. The number of aromatic amines is 1. The fraction of sp³-hybridized carbons (Fsp3) is 0.450. The van der Waals surface area contributed by atoms with Gasteiger partial charge in [-0.2, -0.15) is 0 Å². The zero-order chi connectivity index (χ0) is 22.4. The van der Waals surface area contributed by atoms with E-state index in [1.165, 1.54) is 6.08 Å². The zero-order valence-electron chi connectivity index (χ0n) is 17.5. The Hall–Kier alpha value is -2.66. The summed E-state index contributed by atoms with van der Waals surface area (Å²) < 4.78 is 39.3. The third-order valence-corrected chi connectivity index (χ3v) is 5.62. The molecule has 1 unspecified atom stereocenters. The maximum Gasteiger partial charge on any atom is 0.279 e. The molecule has 2 atom stereocenters. The van der Waals surface area contributed by atoms with Crippen LogP contribution in [0.1, 0.15) is 18.7 Å². The average molecular weight is 452 g/mol. The molecule has 1 saturated heterocycles. The van der Waals surface area contributed by atoms with Crippen LogP contribution in [0.5, 0.6) is 0 Å². The summed E-state index contributed by atoms with van der Waals surface area (Å²) in [5.74, 6) is 2.31. The fourth-order valence-electron chi connectivity index (χ4n) is 3.45. The van der Waals surface area contributed by atoms with E-state index in [-0.39, 0.29) is 0 Å². The first-order chi connectivity index (χ1) is 14.9. The number of piperidine rings is 1. The fourth-order valence-corrected chi connectivity index (χ4v) is 3.92. The van der Waals surface area contributed by atoms with E-state index in [1.54, 1.807) is 19.5 Å². The van der Waals surface area contributed by atoms with Crippen LogP contribution in [0, 0.1) is 11.3 Å². The third-order valence-electron chi connectivity index (χ3n) is 5.05. The Kier molecular flexibility index (Phi) is 7.85. The predicted octanol–water partition coefficient (Wildman–Crippen LogP) is 2.91. The third kappa shape index (κ3) is 6.41. The van der Waals surface area contributed by atoms with Crippen LogP contribution in [0.4, 0.5) is 20.4 Å². The SMILES string of the molecule is CNc1cc(-c2cnc(/C=C\C(=N)C(F)F)[nH]2)cc(N2CCC[C@H](CNS(C)=O)C2)n1. The molecule has 0 saturated carbocycles. The molecule has 11 heteroatoms. The number of alkyl halides is 2. The van der Waals surface area contributed by atoms with Gasteiger partial charge >= 0.3 is 0 Å². The van der Waals surface area contributed by atoms with Crippen LogP contribution in [0.15, 0.2) is 24.4 Å². The predicted molar refractivity (Wildman–Crippen MR) is 121 cm³/mol. The quantitative estimate of drug-likeness (QED) is 0.438. The lowest BCUT2D eigenvalue weighted by Gasteiger charge is -2.34. The number of nitrogens with zero attached hydrogens (tertiary/aromatic N) is 3. The topological polar surface area (TPSA) is 110 Å². The molecule has 168 valence electrons. The van der Waals surface area contributed by atoms with Crippen LogP contribution >= 0.6 is 0 Å². The van der Waals surface area contributed by atoms with Crippen molar-refractivity contribution < 1.29 is 13.0 Å². The Morgan fingerprint density at radius 1 is 1.48 bits per heavy atom. The molecular weight excluding hydrogens is 424 g/mol. The number of hydrogen-bond acceptors (Lipinski definition) is 6. The molecule has 0 radical (unpaired) electrons. The number of imidazole rings is 1. The molecule has 2 aromatic heterocycles.